The Kier molecular flexibility index (Phi) is 4.36. The number of rotatable bonds is 3. The summed E-state index contributed by atoms with van der Waals surface area (Å²) in [4.78, 5) is 15.5. The Hall–Kier alpha value is -0.880. The van der Waals surface area contributed by atoms with E-state index in [4.69, 9.17) is 0 Å². The quantitative estimate of drug-likeness (QED) is 0.858. The molecule has 0 aromatic carbocycles. The number of carbonyl (C=O) groups is 1. The van der Waals surface area contributed by atoms with Crippen molar-refractivity contribution in [1.29, 1.82) is 0 Å². The van der Waals surface area contributed by atoms with Gasteiger partial charge in [0.05, 0.1) is 16.4 Å². The lowest BCUT2D eigenvalue weighted by atomic mass is 9.92. The zero-order chi connectivity index (χ0) is 14.9. The van der Waals surface area contributed by atoms with Crippen LogP contribution in [0, 0.1) is 0 Å². The average Bonchev–Trinajstić information content (AvgIpc) is 3.10. The number of amides is 1. The lowest BCUT2D eigenvalue weighted by Gasteiger charge is -2.38. The largest absolute Gasteiger partial charge is 0.331 e. The molecule has 2 fully saturated rings. The maximum Gasteiger partial charge on any atom is 0.264 e. The highest BCUT2D eigenvalue weighted by molar-refractivity contribution is 7.91. The van der Waals surface area contributed by atoms with Gasteiger partial charge in [0.1, 0.15) is 0 Å². The average molecular weight is 327 g/mol. The van der Waals surface area contributed by atoms with Gasteiger partial charge in [0.15, 0.2) is 9.84 Å². The standard InChI is InChI=1S/C15H21NO3S2/c17-15(14-7-4-9-20-14)16(12-5-2-1-3-6-12)13-8-10-21(18,19)11-13/h4,7,9,12-13H,1-3,5-6,8,10-11H2. The van der Waals surface area contributed by atoms with Crippen molar-refractivity contribution in [3.05, 3.63) is 22.4 Å². The van der Waals surface area contributed by atoms with E-state index in [9.17, 15) is 13.2 Å². The summed E-state index contributed by atoms with van der Waals surface area (Å²) >= 11 is 1.44. The fourth-order valence-electron chi connectivity index (χ4n) is 3.51. The summed E-state index contributed by atoms with van der Waals surface area (Å²) in [6.07, 6.45) is 6.11. The van der Waals surface area contributed by atoms with Gasteiger partial charge in [-0.15, -0.1) is 11.3 Å². The third-order valence-corrected chi connectivity index (χ3v) is 7.14. The molecule has 2 aliphatic rings. The maximum absolute atomic E-state index is 12.8. The van der Waals surface area contributed by atoms with Gasteiger partial charge < -0.3 is 4.90 Å². The normalized spacial score (nSPS) is 25.8. The molecule has 1 amide bonds. The summed E-state index contributed by atoms with van der Waals surface area (Å²) in [5.74, 6) is 0.387. The fourth-order valence-corrected chi connectivity index (χ4v) is 5.89. The molecule has 0 spiro atoms. The number of nitrogens with zero attached hydrogens (tertiary/aromatic N) is 1. The number of carbonyl (C=O) groups excluding carboxylic acids is 1. The van der Waals surface area contributed by atoms with E-state index < -0.39 is 9.84 Å². The molecule has 6 heteroatoms. The SMILES string of the molecule is O=C(c1cccs1)N(C1CCCCC1)C1CCS(=O)(=O)C1. The van der Waals surface area contributed by atoms with Crippen LogP contribution in [0.3, 0.4) is 0 Å². The molecule has 1 unspecified atom stereocenters. The molecule has 0 N–H and O–H groups in total. The topological polar surface area (TPSA) is 54.5 Å². The number of hydrogen-bond acceptors (Lipinski definition) is 4. The Labute approximate surface area is 130 Å². The van der Waals surface area contributed by atoms with Crippen molar-refractivity contribution in [2.24, 2.45) is 0 Å². The molecular weight excluding hydrogens is 306 g/mol. The van der Waals surface area contributed by atoms with Gasteiger partial charge in [-0.05, 0) is 30.7 Å². The second-order valence-corrected chi connectivity index (χ2v) is 9.21. The third-order valence-electron chi connectivity index (χ3n) is 4.54. The molecule has 0 bridgehead atoms. The first-order valence-corrected chi connectivity index (χ1v) is 10.3. The number of hydrogen-bond donors (Lipinski definition) is 0. The van der Waals surface area contributed by atoms with Crippen LogP contribution in [-0.2, 0) is 9.84 Å². The predicted molar refractivity (Wildman–Crippen MR) is 84.4 cm³/mol. The molecule has 1 saturated heterocycles. The van der Waals surface area contributed by atoms with Gasteiger partial charge in [0.2, 0.25) is 0 Å². The molecule has 0 radical (unpaired) electrons. The van der Waals surface area contributed by atoms with Gasteiger partial charge in [-0.2, -0.15) is 0 Å². The first-order chi connectivity index (χ1) is 10.1. The molecule has 116 valence electrons. The van der Waals surface area contributed by atoms with Crippen LogP contribution in [0.4, 0.5) is 0 Å². The summed E-state index contributed by atoms with van der Waals surface area (Å²) in [5.41, 5.74) is 0. The molecule has 1 saturated carbocycles. The molecule has 1 aromatic rings. The van der Waals surface area contributed by atoms with Crippen LogP contribution in [0.15, 0.2) is 17.5 Å². The van der Waals surface area contributed by atoms with E-state index in [0.29, 0.717) is 6.42 Å². The maximum atomic E-state index is 12.8. The molecule has 3 rings (SSSR count). The van der Waals surface area contributed by atoms with Crippen molar-refractivity contribution in [3.63, 3.8) is 0 Å². The monoisotopic (exact) mass is 327 g/mol. The number of thiophene rings is 1. The van der Waals surface area contributed by atoms with Crippen LogP contribution in [0.1, 0.15) is 48.2 Å². The van der Waals surface area contributed by atoms with Crippen molar-refractivity contribution < 1.29 is 13.2 Å². The zero-order valence-electron chi connectivity index (χ0n) is 12.0. The van der Waals surface area contributed by atoms with E-state index in [1.165, 1.54) is 17.8 Å². The summed E-state index contributed by atoms with van der Waals surface area (Å²) in [6.45, 7) is 0. The summed E-state index contributed by atoms with van der Waals surface area (Å²) in [5, 5.41) is 1.90. The van der Waals surface area contributed by atoms with Gasteiger partial charge in [-0.1, -0.05) is 25.3 Å². The van der Waals surface area contributed by atoms with E-state index in [1.54, 1.807) is 0 Å². The van der Waals surface area contributed by atoms with Crippen molar-refractivity contribution in [3.8, 4) is 0 Å². The molecule has 1 aliphatic carbocycles. The summed E-state index contributed by atoms with van der Waals surface area (Å²) < 4.78 is 23.6. The Morgan fingerprint density at radius 1 is 1.14 bits per heavy atom. The highest BCUT2D eigenvalue weighted by Gasteiger charge is 2.39. The summed E-state index contributed by atoms with van der Waals surface area (Å²) in [7, 11) is -2.97. The third kappa shape index (κ3) is 3.31. The van der Waals surface area contributed by atoms with E-state index >= 15 is 0 Å². The van der Waals surface area contributed by atoms with Gasteiger partial charge in [0.25, 0.3) is 5.91 Å². The van der Waals surface area contributed by atoms with E-state index in [-0.39, 0.29) is 29.5 Å². The first-order valence-electron chi connectivity index (χ1n) is 7.63. The lowest BCUT2D eigenvalue weighted by Crippen LogP contribution is -2.48. The lowest BCUT2D eigenvalue weighted by molar-refractivity contribution is 0.0547. The van der Waals surface area contributed by atoms with Crippen molar-refractivity contribution in [2.75, 3.05) is 11.5 Å². The molecule has 4 nitrogen and oxygen atoms in total. The highest BCUT2D eigenvalue weighted by Crippen LogP contribution is 2.30. The second-order valence-electron chi connectivity index (χ2n) is 6.04. The molecule has 2 heterocycles. The minimum absolute atomic E-state index is 0.0269. The molecule has 1 aliphatic heterocycles. The predicted octanol–water partition coefficient (Wildman–Crippen LogP) is 2.71. The minimum atomic E-state index is -2.97. The Bertz CT molecular complexity index is 588. The fraction of sp³-hybridized carbons (Fsp3) is 0.667. The van der Waals surface area contributed by atoms with Crippen LogP contribution in [0.5, 0.6) is 0 Å². The molecule has 1 atom stereocenters. The molecule has 21 heavy (non-hydrogen) atoms. The Balaban J connectivity index is 1.85. The van der Waals surface area contributed by atoms with E-state index in [0.717, 1.165) is 30.6 Å². The van der Waals surface area contributed by atoms with Crippen LogP contribution < -0.4 is 0 Å². The van der Waals surface area contributed by atoms with Gasteiger partial charge in [0, 0.05) is 12.1 Å². The van der Waals surface area contributed by atoms with Gasteiger partial charge in [-0.25, -0.2) is 8.42 Å². The van der Waals surface area contributed by atoms with Crippen LogP contribution in [0.25, 0.3) is 0 Å². The van der Waals surface area contributed by atoms with Crippen molar-refractivity contribution in [1.82, 2.24) is 4.90 Å². The van der Waals surface area contributed by atoms with Crippen LogP contribution in [0.2, 0.25) is 0 Å². The summed E-state index contributed by atoms with van der Waals surface area (Å²) in [6, 6.07) is 3.80. The molecule has 1 aromatic heterocycles. The van der Waals surface area contributed by atoms with E-state index in [1.807, 2.05) is 22.4 Å². The van der Waals surface area contributed by atoms with Gasteiger partial charge >= 0.3 is 0 Å². The highest BCUT2D eigenvalue weighted by atomic mass is 32.2. The number of sulfone groups is 1. The first kappa shape index (κ1) is 15.0. The Morgan fingerprint density at radius 2 is 1.90 bits per heavy atom. The second kappa shape index (κ2) is 6.08. The minimum Gasteiger partial charge on any atom is -0.331 e. The van der Waals surface area contributed by atoms with Crippen molar-refractivity contribution >= 4 is 27.1 Å². The van der Waals surface area contributed by atoms with Crippen LogP contribution >= 0.6 is 11.3 Å². The van der Waals surface area contributed by atoms with Crippen molar-refractivity contribution in [2.45, 2.75) is 50.6 Å². The molecular formula is C15H21NO3S2. The smallest absolute Gasteiger partial charge is 0.264 e. The van der Waals surface area contributed by atoms with E-state index in [2.05, 4.69) is 0 Å². The zero-order valence-corrected chi connectivity index (χ0v) is 13.7. The van der Waals surface area contributed by atoms with Crippen LogP contribution in [-0.4, -0.2) is 42.8 Å². The van der Waals surface area contributed by atoms with Gasteiger partial charge in [-0.3, -0.25) is 4.79 Å². The Morgan fingerprint density at radius 3 is 2.48 bits per heavy atom.